The fourth-order valence-electron chi connectivity index (χ4n) is 7.97. The fourth-order valence-corrected chi connectivity index (χ4v) is 7.97. The second-order valence-corrected chi connectivity index (χ2v) is 19.5. The minimum absolute atomic E-state index is 0.103. The Balaban J connectivity index is 4.47. The van der Waals surface area contributed by atoms with E-state index in [9.17, 15) is 14.4 Å². The van der Waals surface area contributed by atoms with Crippen molar-refractivity contribution in [3.05, 3.63) is 122 Å². The van der Waals surface area contributed by atoms with Crippen LogP contribution in [-0.4, -0.2) is 37.2 Å². The third kappa shape index (κ3) is 58.6. The first kappa shape index (κ1) is 68.8. The molecule has 0 bridgehead atoms. The van der Waals surface area contributed by atoms with Crippen LogP contribution in [0, 0.1) is 0 Å². The van der Waals surface area contributed by atoms with Crippen LogP contribution in [0.2, 0.25) is 0 Å². The molecule has 0 saturated heterocycles. The Morgan fingerprint density at radius 3 is 0.890 bits per heavy atom. The van der Waals surface area contributed by atoms with Crippen molar-refractivity contribution in [2.75, 3.05) is 13.2 Å². The molecule has 0 aliphatic heterocycles. The van der Waals surface area contributed by atoms with Gasteiger partial charge in [-0.25, -0.2) is 0 Å². The summed E-state index contributed by atoms with van der Waals surface area (Å²) < 4.78 is 16.8. The lowest BCUT2D eigenvalue weighted by atomic mass is 10.1. The summed E-state index contributed by atoms with van der Waals surface area (Å²) in [6.07, 6.45) is 83.4. The highest BCUT2D eigenvalue weighted by atomic mass is 16.6. The van der Waals surface area contributed by atoms with Gasteiger partial charge in [0.2, 0.25) is 0 Å². The molecule has 6 heteroatoms. The van der Waals surface area contributed by atoms with Crippen LogP contribution in [0.3, 0.4) is 0 Å². The Morgan fingerprint density at radius 2 is 0.548 bits per heavy atom. The van der Waals surface area contributed by atoms with Gasteiger partial charge in [0, 0.05) is 19.3 Å². The molecule has 6 nitrogen and oxygen atoms in total. The first-order valence-corrected chi connectivity index (χ1v) is 30.0. The molecule has 0 spiro atoms. The molecule has 0 aromatic carbocycles. The summed E-state index contributed by atoms with van der Waals surface area (Å²) in [6.45, 7) is 6.45. The van der Waals surface area contributed by atoms with E-state index in [1.807, 2.05) is 0 Å². The number of allylic oxidation sites excluding steroid dienone is 20. The minimum atomic E-state index is -0.811. The van der Waals surface area contributed by atoms with Gasteiger partial charge in [0.15, 0.2) is 6.10 Å². The topological polar surface area (TPSA) is 78.9 Å². The van der Waals surface area contributed by atoms with Crippen LogP contribution in [-0.2, 0) is 28.6 Å². The number of ether oxygens (including phenoxy) is 3. The van der Waals surface area contributed by atoms with E-state index in [-0.39, 0.29) is 37.5 Å². The van der Waals surface area contributed by atoms with Crippen LogP contribution >= 0.6 is 0 Å². The molecule has 1 atom stereocenters. The normalized spacial score (nSPS) is 13.0. The summed E-state index contributed by atoms with van der Waals surface area (Å²) >= 11 is 0. The van der Waals surface area contributed by atoms with Gasteiger partial charge in [-0.1, -0.05) is 258 Å². The Morgan fingerprint density at radius 1 is 0.288 bits per heavy atom. The zero-order valence-electron chi connectivity index (χ0n) is 47.4. The number of hydrogen-bond donors (Lipinski definition) is 0. The molecule has 0 rings (SSSR count). The van der Waals surface area contributed by atoms with Crippen LogP contribution in [0.25, 0.3) is 0 Å². The maximum atomic E-state index is 12.9. The minimum Gasteiger partial charge on any atom is -0.462 e. The van der Waals surface area contributed by atoms with Crippen molar-refractivity contribution in [1.82, 2.24) is 0 Å². The summed E-state index contributed by atoms with van der Waals surface area (Å²) in [4.78, 5) is 38.2. The van der Waals surface area contributed by atoms with Crippen molar-refractivity contribution < 1.29 is 28.6 Å². The molecule has 0 aliphatic carbocycles. The maximum Gasteiger partial charge on any atom is 0.306 e. The van der Waals surface area contributed by atoms with Crippen molar-refractivity contribution >= 4 is 17.9 Å². The molecule has 0 heterocycles. The first-order valence-electron chi connectivity index (χ1n) is 30.0. The molecule has 0 N–H and O–H groups in total. The van der Waals surface area contributed by atoms with Crippen molar-refractivity contribution in [3.63, 3.8) is 0 Å². The molecule has 1 unspecified atom stereocenters. The van der Waals surface area contributed by atoms with E-state index < -0.39 is 6.10 Å². The molecule has 0 aliphatic rings. The van der Waals surface area contributed by atoms with Gasteiger partial charge in [0.1, 0.15) is 13.2 Å². The summed E-state index contributed by atoms with van der Waals surface area (Å²) in [5.41, 5.74) is 0. The molecule has 0 aromatic rings. The lowest BCUT2D eigenvalue weighted by molar-refractivity contribution is -0.167. The Hall–Kier alpha value is -4.19. The van der Waals surface area contributed by atoms with Crippen LogP contribution in [0.15, 0.2) is 122 Å². The smallest absolute Gasteiger partial charge is 0.306 e. The van der Waals surface area contributed by atoms with Crippen LogP contribution in [0.1, 0.15) is 265 Å². The quantitative estimate of drug-likeness (QED) is 0.0261. The van der Waals surface area contributed by atoms with E-state index in [0.717, 1.165) is 116 Å². The van der Waals surface area contributed by atoms with Crippen molar-refractivity contribution in [3.8, 4) is 0 Å². The molecule has 73 heavy (non-hydrogen) atoms. The van der Waals surface area contributed by atoms with Gasteiger partial charge in [-0.3, -0.25) is 14.4 Å². The van der Waals surface area contributed by atoms with Gasteiger partial charge in [-0.05, 0) is 109 Å². The Bertz CT molecular complexity index is 1540. The SMILES string of the molecule is CC/C=C\C/C=C\C/C=C\C/C=C\C/C=C\C/C=C\C/C=C\CCCC(=O)OCC(COC(=O)CCCCCCCCCCCCC)OC(=O)CCCCCCCC/C=C\C/C=C\C/C=C\CCCCCCC. The summed E-state index contributed by atoms with van der Waals surface area (Å²) in [7, 11) is 0. The predicted molar refractivity (Wildman–Crippen MR) is 316 cm³/mol. The van der Waals surface area contributed by atoms with E-state index in [1.165, 1.54) is 103 Å². The first-order chi connectivity index (χ1) is 36.0. The van der Waals surface area contributed by atoms with Gasteiger partial charge in [0.25, 0.3) is 0 Å². The summed E-state index contributed by atoms with van der Waals surface area (Å²) in [5.74, 6) is -0.978. The monoisotopic (exact) mass is 1010 g/mol. The number of rotatable bonds is 53. The number of carbonyl (C=O) groups is 3. The highest BCUT2D eigenvalue weighted by Gasteiger charge is 2.19. The fraction of sp³-hybridized carbons (Fsp3) is 0.657. The average Bonchev–Trinajstić information content (AvgIpc) is 3.39. The number of unbranched alkanes of at least 4 members (excludes halogenated alkanes) is 22. The van der Waals surface area contributed by atoms with Gasteiger partial charge >= 0.3 is 17.9 Å². The second-order valence-electron chi connectivity index (χ2n) is 19.5. The van der Waals surface area contributed by atoms with Crippen LogP contribution in [0.5, 0.6) is 0 Å². The Labute approximate surface area is 450 Å². The maximum absolute atomic E-state index is 12.9. The van der Waals surface area contributed by atoms with Crippen molar-refractivity contribution in [1.29, 1.82) is 0 Å². The molecule has 0 fully saturated rings. The number of esters is 3. The number of hydrogen-bond acceptors (Lipinski definition) is 6. The van der Waals surface area contributed by atoms with Gasteiger partial charge < -0.3 is 14.2 Å². The van der Waals surface area contributed by atoms with Crippen LogP contribution in [0.4, 0.5) is 0 Å². The second kappa shape index (κ2) is 60.4. The van der Waals surface area contributed by atoms with Gasteiger partial charge in [0.05, 0.1) is 0 Å². The van der Waals surface area contributed by atoms with Gasteiger partial charge in [-0.15, -0.1) is 0 Å². The standard InChI is InChI=1S/C67H110O6/c1-4-7-10-13-16-19-22-24-26-28-30-32-33-35-36-38-40-42-45-48-51-54-57-60-66(69)72-63-64(62-71-65(68)59-56-53-50-47-44-21-18-15-12-9-6-3)73-67(70)61-58-55-52-49-46-43-41-39-37-34-31-29-27-25-23-20-17-14-11-8-5-2/h7,10,16,19,23-26,29-32,35-37,39-40,42,48,51,64H,4-6,8-9,11-15,17-18,20-22,27-28,33-34,38,41,43-47,49-50,52-63H2,1-3H3/b10-7-,19-16-,25-23-,26-24-,31-29-,32-30-,36-35-,39-37-,42-40-,51-48-. The zero-order chi connectivity index (χ0) is 52.9. The molecule has 0 saturated carbocycles. The molecule has 0 aromatic heterocycles. The van der Waals surface area contributed by atoms with E-state index in [4.69, 9.17) is 14.2 Å². The third-order valence-electron chi connectivity index (χ3n) is 12.5. The van der Waals surface area contributed by atoms with Crippen molar-refractivity contribution in [2.45, 2.75) is 271 Å². The lowest BCUT2D eigenvalue weighted by Gasteiger charge is -2.18. The molecule has 414 valence electrons. The molecule has 0 amide bonds. The molecular formula is C67H110O6. The lowest BCUT2D eigenvalue weighted by Crippen LogP contribution is -2.30. The van der Waals surface area contributed by atoms with Crippen LogP contribution < -0.4 is 0 Å². The van der Waals surface area contributed by atoms with Gasteiger partial charge in [-0.2, -0.15) is 0 Å². The highest BCUT2D eigenvalue weighted by Crippen LogP contribution is 2.14. The summed E-state index contributed by atoms with van der Waals surface area (Å²) in [6, 6.07) is 0. The summed E-state index contributed by atoms with van der Waals surface area (Å²) in [5, 5.41) is 0. The predicted octanol–water partition coefficient (Wildman–Crippen LogP) is 20.4. The third-order valence-corrected chi connectivity index (χ3v) is 12.5. The molecular weight excluding hydrogens is 901 g/mol. The zero-order valence-corrected chi connectivity index (χ0v) is 47.4. The van der Waals surface area contributed by atoms with E-state index >= 15 is 0 Å². The molecule has 0 radical (unpaired) electrons. The average molecular weight is 1010 g/mol. The van der Waals surface area contributed by atoms with E-state index in [2.05, 4.69) is 142 Å². The highest BCUT2D eigenvalue weighted by molar-refractivity contribution is 5.71. The van der Waals surface area contributed by atoms with Crippen molar-refractivity contribution in [2.24, 2.45) is 0 Å². The Kier molecular flexibility index (Phi) is 56.9. The van der Waals surface area contributed by atoms with E-state index in [1.54, 1.807) is 0 Å². The largest absolute Gasteiger partial charge is 0.462 e. The number of carbonyl (C=O) groups excluding carboxylic acids is 3. The van der Waals surface area contributed by atoms with E-state index in [0.29, 0.717) is 19.3 Å².